The van der Waals surface area contributed by atoms with Crippen molar-refractivity contribution in [2.45, 2.75) is 70.1 Å². The Bertz CT molecular complexity index is 472. The van der Waals surface area contributed by atoms with Crippen LogP contribution in [0.2, 0.25) is 0 Å². The fourth-order valence-electron chi connectivity index (χ4n) is 4.01. The summed E-state index contributed by atoms with van der Waals surface area (Å²) in [5, 5.41) is 7.91. The van der Waals surface area contributed by atoms with Crippen molar-refractivity contribution < 1.29 is 9.26 Å². The molecule has 4 unspecified atom stereocenters. The molecule has 116 valence electrons. The molecule has 0 aromatic carbocycles. The summed E-state index contributed by atoms with van der Waals surface area (Å²) in [4.78, 5) is 4.67. The third-order valence-electron chi connectivity index (χ3n) is 5.27. The Balaban J connectivity index is 1.46. The number of rotatable bonds is 5. The van der Waals surface area contributed by atoms with Gasteiger partial charge in [-0.3, -0.25) is 0 Å². The number of nitrogens with zero attached hydrogens (tertiary/aromatic N) is 2. The quantitative estimate of drug-likeness (QED) is 0.903. The van der Waals surface area contributed by atoms with Gasteiger partial charge in [-0.1, -0.05) is 18.0 Å². The maximum absolute atomic E-state index is 5.82. The minimum absolute atomic E-state index is 0.0381. The van der Waals surface area contributed by atoms with Crippen LogP contribution in [0.1, 0.15) is 75.7 Å². The van der Waals surface area contributed by atoms with Crippen molar-refractivity contribution in [2.24, 2.45) is 11.8 Å². The second-order valence-electron chi connectivity index (χ2n) is 6.81. The summed E-state index contributed by atoms with van der Waals surface area (Å²) in [6, 6.07) is 0.908. The third-order valence-corrected chi connectivity index (χ3v) is 5.27. The van der Waals surface area contributed by atoms with Crippen LogP contribution in [0.5, 0.6) is 0 Å². The average Bonchev–Trinajstić information content (AvgIpc) is 3.06. The molecule has 1 aromatic rings. The zero-order chi connectivity index (χ0) is 14.2. The van der Waals surface area contributed by atoms with E-state index in [0.29, 0.717) is 18.6 Å². The van der Waals surface area contributed by atoms with Gasteiger partial charge >= 0.3 is 0 Å². The fourth-order valence-corrected chi connectivity index (χ4v) is 4.01. The molecule has 4 rings (SSSR count). The van der Waals surface area contributed by atoms with Crippen LogP contribution in [0, 0.1) is 11.8 Å². The lowest BCUT2D eigenvalue weighted by molar-refractivity contribution is 0.0384. The van der Waals surface area contributed by atoms with Gasteiger partial charge in [-0.05, 0) is 50.9 Å². The van der Waals surface area contributed by atoms with Crippen molar-refractivity contribution in [2.75, 3.05) is 6.61 Å². The summed E-state index contributed by atoms with van der Waals surface area (Å²) in [6.07, 6.45) is 9.00. The second kappa shape index (κ2) is 5.69. The van der Waals surface area contributed by atoms with Crippen molar-refractivity contribution in [1.29, 1.82) is 0 Å². The van der Waals surface area contributed by atoms with E-state index < -0.39 is 0 Å². The number of hydrogen-bond donors (Lipinski definition) is 1. The van der Waals surface area contributed by atoms with Crippen LogP contribution >= 0.6 is 0 Å². The molecule has 2 heterocycles. The van der Waals surface area contributed by atoms with E-state index in [1.807, 2.05) is 6.92 Å². The van der Waals surface area contributed by atoms with Crippen LogP contribution in [0.4, 0.5) is 0 Å². The fraction of sp³-hybridized carbons (Fsp3) is 0.875. The molecule has 3 aliphatic rings. The molecule has 21 heavy (non-hydrogen) atoms. The molecule has 1 N–H and O–H groups in total. The van der Waals surface area contributed by atoms with E-state index in [0.717, 1.165) is 24.1 Å². The normalized spacial score (nSPS) is 33.9. The van der Waals surface area contributed by atoms with Gasteiger partial charge in [-0.2, -0.15) is 4.98 Å². The van der Waals surface area contributed by atoms with Crippen molar-refractivity contribution in [3.63, 3.8) is 0 Å². The lowest BCUT2D eigenvalue weighted by Crippen LogP contribution is -2.30. The number of fused-ring (bicyclic) bond motifs is 1. The Morgan fingerprint density at radius 1 is 1.29 bits per heavy atom. The van der Waals surface area contributed by atoms with E-state index in [-0.39, 0.29) is 12.1 Å². The Labute approximate surface area is 125 Å². The Hall–Kier alpha value is -0.940. The molecule has 0 bridgehead atoms. The molecule has 2 aliphatic carbocycles. The average molecular weight is 291 g/mol. The molecule has 4 atom stereocenters. The lowest BCUT2D eigenvalue weighted by atomic mass is 9.85. The Morgan fingerprint density at radius 2 is 2.14 bits per heavy atom. The summed E-state index contributed by atoms with van der Waals surface area (Å²) in [6.45, 7) is 2.73. The van der Waals surface area contributed by atoms with E-state index in [9.17, 15) is 0 Å². The predicted octanol–water partition coefficient (Wildman–Crippen LogP) is 3.15. The summed E-state index contributed by atoms with van der Waals surface area (Å²) in [5.41, 5.74) is 0. The smallest absolute Gasteiger partial charge is 0.243 e. The summed E-state index contributed by atoms with van der Waals surface area (Å²) in [5.74, 6) is 2.91. The van der Waals surface area contributed by atoms with Crippen LogP contribution in [0.3, 0.4) is 0 Å². The van der Waals surface area contributed by atoms with Crippen LogP contribution in [0.25, 0.3) is 0 Å². The standard InChI is InChI=1S/C16H25N3O2/c1-2-20-14(10-7-8-10)15-18-16(21-19-15)13-9-11-5-3-4-6-12(11)17-13/h10-14,17H,2-9H2,1H3. The molecule has 1 aromatic heterocycles. The summed E-state index contributed by atoms with van der Waals surface area (Å²) >= 11 is 0. The number of hydrogen-bond acceptors (Lipinski definition) is 5. The first-order valence-corrected chi connectivity index (χ1v) is 8.56. The number of nitrogens with one attached hydrogen (secondary N) is 1. The van der Waals surface area contributed by atoms with Gasteiger partial charge in [0.1, 0.15) is 6.10 Å². The molecule has 0 amide bonds. The van der Waals surface area contributed by atoms with Gasteiger partial charge in [0.15, 0.2) is 0 Å². The van der Waals surface area contributed by atoms with Crippen molar-refractivity contribution in [3.05, 3.63) is 11.7 Å². The topological polar surface area (TPSA) is 60.2 Å². The molecule has 5 nitrogen and oxygen atoms in total. The minimum Gasteiger partial charge on any atom is -0.370 e. The number of aromatic nitrogens is 2. The number of ether oxygens (including phenoxy) is 1. The molecule has 1 saturated heterocycles. The van der Waals surface area contributed by atoms with Gasteiger partial charge in [0, 0.05) is 12.6 Å². The van der Waals surface area contributed by atoms with Gasteiger partial charge in [0.2, 0.25) is 11.7 Å². The monoisotopic (exact) mass is 291 g/mol. The molecular weight excluding hydrogens is 266 g/mol. The van der Waals surface area contributed by atoms with Crippen molar-refractivity contribution in [3.8, 4) is 0 Å². The highest BCUT2D eigenvalue weighted by atomic mass is 16.5. The lowest BCUT2D eigenvalue weighted by Gasteiger charge is -2.24. The van der Waals surface area contributed by atoms with Crippen molar-refractivity contribution >= 4 is 0 Å². The van der Waals surface area contributed by atoms with Crippen LogP contribution in [0.15, 0.2) is 4.52 Å². The molecular formula is C16H25N3O2. The third kappa shape index (κ3) is 2.73. The zero-order valence-electron chi connectivity index (χ0n) is 12.8. The van der Waals surface area contributed by atoms with Gasteiger partial charge in [0.05, 0.1) is 6.04 Å². The Kier molecular flexibility index (Phi) is 3.71. The van der Waals surface area contributed by atoms with Gasteiger partial charge in [-0.25, -0.2) is 0 Å². The first-order chi connectivity index (χ1) is 10.3. The van der Waals surface area contributed by atoms with Gasteiger partial charge < -0.3 is 14.6 Å². The molecule has 0 spiro atoms. The first-order valence-electron chi connectivity index (χ1n) is 8.56. The molecule has 3 fully saturated rings. The predicted molar refractivity (Wildman–Crippen MR) is 77.6 cm³/mol. The molecule has 1 aliphatic heterocycles. The molecule has 5 heteroatoms. The van der Waals surface area contributed by atoms with Crippen molar-refractivity contribution in [1.82, 2.24) is 15.5 Å². The van der Waals surface area contributed by atoms with E-state index in [1.165, 1.54) is 38.5 Å². The summed E-state index contributed by atoms with van der Waals surface area (Å²) < 4.78 is 11.4. The Morgan fingerprint density at radius 3 is 2.90 bits per heavy atom. The highest BCUT2D eigenvalue weighted by molar-refractivity contribution is 5.04. The SMILES string of the molecule is CCOC(c1noc(C2CC3CCCCC3N2)n1)C1CC1. The zero-order valence-corrected chi connectivity index (χ0v) is 12.8. The summed E-state index contributed by atoms with van der Waals surface area (Å²) in [7, 11) is 0. The molecule has 0 radical (unpaired) electrons. The van der Waals surface area contributed by atoms with E-state index in [2.05, 4.69) is 15.5 Å². The highest BCUT2D eigenvalue weighted by Gasteiger charge is 2.40. The van der Waals surface area contributed by atoms with Gasteiger partial charge in [0.25, 0.3) is 0 Å². The highest BCUT2D eigenvalue weighted by Crippen LogP contribution is 2.43. The first kappa shape index (κ1) is 13.7. The van der Waals surface area contributed by atoms with E-state index in [1.54, 1.807) is 0 Å². The largest absolute Gasteiger partial charge is 0.370 e. The van der Waals surface area contributed by atoms with Crippen LogP contribution in [-0.2, 0) is 4.74 Å². The van der Waals surface area contributed by atoms with Crippen LogP contribution in [-0.4, -0.2) is 22.8 Å². The van der Waals surface area contributed by atoms with E-state index in [4.69, 9.17) is 9.26 Å². The van der Waals surface area contributed by atoms with E-state index >= 15 is 0 Å². The minimum atomic E-state index is 0.0381. The van der Waals surface area contributed by atoms with Gasteiger partial charge in [-0.15, -0.1) is 0 Å². The maximum Gasteiger partial charge on any atom is 0.243 e. The second-order valence-corrected chi connectivity index (χ2v) is 6.81. The molecule has 2 saturated carbocycles. The van der Waals surface area contributed by atoms with Crippen LogP contribution < -0.4 is 5.32 Å². The maximum atomic E-state index is 5.82.